The predicted octanol–water partition coefficient (Wildman–Crippen LogP) is 2.47. The molecule has 0 saturated heterocycles. The van der Waals surface area contributed by atoms with Crippen molar-refractivity contribution in [3.05, 3.63) is 72.6 Å². The molecule has 0 spiro atoms. The third kappa shape index (κ3) is 2.88. The molecule has 22 heavy (non-hydrogen) atoms. The number of hydrogen-bond acceptors (Lipinski definition) is 3. The van der Waals surface area contributed by atoms with Gasteiger partial charge < -0.3 is 4.90 Å². The molecule has 5 heteroatoms. The number of carbonyl (C=O) groups is 1. The van der Waals surface area contributed by atoms with E-state index in [-0.39, 0.29) is 12.3 Å². The molecule has 0 aliphatic heterocycles. The maximum atomic E-state index is 12.5. The SMILES string of the molecule is CN(C(=O)Cc1cnnn1-c1ccccc1)c1ccccc1. The zero-order valence-corrected chi connectivity index (χ0v) is 12.3. The summed E-state index contributed by atoms with van der Waals surface area (Å²) < 4.78 is 1.69. The largest absolute Gasteiger partial charge is 0.315 e. The monoisotopic (exact) mass is 292 g/mol. The first-order valence-corrected chi connectivity index (χ1v) is 7.02. The van der Waals surface area contributed by atoms with Gasteiger partial charge in [-0.05, 0) is 24.3 Å². The number of carbonyl (C=O) groups excluding carboxylic acids is 1. The number of anilines is 1. The van der Waals surface area contributed by atoms with Gasteiger partial charge in [-0.2, -0.15) is 0 Å². The summed E-state index contributed by atoms with van der Waals surface area (Å²) in [6.07, 6.45) is 1.87. The number of likely N-dealkylation sites (N-methyl/N-ethyl adjacent to an activating group) is 1. The van der Waals surface area contributed by atoms with E-state index in [1.54, 1.807) is 22.8 Å². The first kappa shape index (κ1) is 14.0. The Morgan fingerprint density at radius 1 is 1.05 bits per heavy atom. The van der Waals surface area contributed by atoms with Crippen molar-refractivity contribution in [1.29, 1.82) is 0 Å². The molecule has 0 fully saturated rings. The van der Waals surface area contributed by atoms with E-state index in [0.717, 1.165) is 17.1 Å². The van der Waals surface area contributed by atoms with Crippen LogP contribution in [0.15, 0.2) is 66.9 Å². The van der Waals surface area contributed by atoms with E-state index in [1.165, 1.54) is 0 Å². The lowest BCUT2D eigenvalue weighted by molar-refractivity contribution is -0.117. The third-order valence-electron chi connectivity index (χ3n) is 3.47. The summed E-state index contributed by atoms with van der Waals surface area (Å²) in [5, 5.41) is 7.99. The lowest BCUT2D eigenvalue weighted by atomic mass is 10.2. The van der Waals surface area contributed by atoms with E-state index in [0.29, 0.717) is 0 Å². The normalized spacial score (nSPS) is 10.4. The van der Waals surface area contributed by atoms with Crippen molar-refractivity contribution in [2.75, 3.05) is 11.9 Å². The van der Waals surface area contributed by atoms with Gasteiger partial charge in [0.15, 0.2) is 0 Å². The molecule has 0 aliphatic rings. The molecule has 0 radical (unpaired) electrons. The fourth-order valence-corrected chi connectivity index (χ4v) is 2.23. The van der Waals surface area contributed by atoms with Crippen molar-refractivity contribution in [3.63, 3.8) is 0 Å². The lowest BCUT2D eigenvalue weighted by Crippen LogP contribution is -2.28. The van der Waals surface area contributed by atoms with Gasteiger partial charge in [0.2, 0.25) is 5.91 Å². The molecular weight excluding hydrogens is 276 g/mol. The quantitative estimate of drug-likeness (QED) is 0.742. The number of para-hydroxylation sites is 2. The lowest BCUT2D eigenvalue weighted by Gasteiger charge is -2.17. The number of amides is 1. The summed E-state index contributed by atoms with van der Waals surface area (Å²) in [4.78, 5) is 14.1. The Labute approximate surface area is 128 Å². The first-order valence-electron chi connectivity index (χ1n) is 7.02. The zero-order valence-electron chi connectivity index (χ0n) is 12.3. The van der Waals surface area contributed by atoms with Gasteiger partial charge in [-0.25, -0.2) is 4.68 Å². The Morgan fingerprint density at radius 3 is 2.36 bits per heavy atom. The summed E-state index contributed by atoms with van der Waals surface area (Å²) >= 11 is 0. The molecule has 0 unspecified atom stereocenters. The Balaban J connectivity index is 1.80. The highest BCUT2D eigenvalue weighted by atomic mass is 16.2. The standard InChI is InChI=1S/C17H16N4O/c1-20(14-8-4-2-5-9-14)17(22)12-16-13-18-19-21(16)15-10-6-3-7-11-15/h2-11,13H,12H2,1H3. The van der Waals surface area contributed by atoms with Gasteiger partial charge in [0, 0.05) is 12.7 Å². The smallest absolute Gasteiger partial charge is 0.232 e. The van der Waals surface area contributed by atoms with E-state index in [4.69, 9.17) is 0 Å². The zero-order chi connectivity index (χ0) is 15.4. The summed E-state index contributed by atoms with van der Waals surface area (Å²) in [6, 6.07) is 19.2. The van der Waals surface area contributed by atoms with Crippen molar-refractivity contribution in [1.82, 2.24) is 15.0 Å². The van der Waals surface area contributed by atoms with Crippen LogP contribution in [0.25, 0.3) is 5.69 Å². The Morgan fingerprint density at radius 2 is 1.68 bits per heavy atom. The minimum atomic E-state index is -0.00863. The highest BCUT2D eigenvalue weighted by Crippen LogP contribution is 2.14. The van der Waals surface area contributed by atoms with Crippen LogP contribution < -0.4 is 4.90 Å². The van der Waals surface area contributed by atoms with Crippen molar-refractivity contribution in [2.45, 2.75) is 6.42 Å². The molecule has 1 amide bonds. The number of benzene rings is 2. The molecule has 1 aromatic heterocycles. The van der Waals surface area contributed by atoms with Gasteiger partial charge in [-0.1, -0.05) is 41.6 Å². The van der Waals surface area contributed by atoms with Crippen LogP contribution in [0.3, 0.4) is 0 Å². The second-order valence-electron chi connectivity index (χ2n) is 4.94. The van der Waals surface area contributed by atoms with E-state index < -0.39 is 0 Å². The predicted molar refractivity (Wildman–Crippen MR) is 84.9 cm³/mol. The molecule has 0 N–H and O–H groups in total. The Kier molecular flexibility index (Phi) is 3.96. The molecule has 0 atom stereocenters. The second-order valence-corrected chi connectivity index (χ2v) is 4.94. The van der Waals surface area contributed by atoms with Crippen LogP contribution in [0.1, 0.15) is 5.69 Å². The number of hydrogen-bond donors (Lipinski definition) is 0. The van der Waals surface area contributed by atoms with Crippen LogP contribution in [-0.4, -0.2) is 27.9 Å². The highest BCUT2D eigenvalue weighted by Gasteiger charge is 2.15. The van der Waals surface area contributed by atoms with E-state index in [9.17, 15) is 4.79 Å². The second kappa shape index (κ2) is 6.22. The minimum Gasteiger partial charge on any atom is -0.315 e. The molecule has 0 bridgehead atoms. The maximum Gasteiger partial charge on any atom is 0.232 e. The third-order valence-corrected chi connectivity index (χ3v) is 3.47. The average Bonchev–Trinajstić information content (AvgIpc) is 3.04. The molecule has 1 heterocycles. The Hall–Kier alpha value is -2.95. The number of nitrogens with zero attached hydrogens (tertiary/aromatic N) is 4. The van der Waals surface area contributed by atoms with Crippen LogP contribution in [-0.2, 0) is 11.2 Å². The van der Waals surface area contributed by atoms with E-state index >= 15 is 0 Å². The molecule has 110 valence electrons. The fraction of sp³-hybridized carbons (Fsp3) is 0.118. The summed E-state index contributed by atoms with van der Waals surface area (Å²) in [7, 11) is 1.77. The molecule has 2 aromatic carbocycles. The highest BCUT2D eigenvalue weighted by molar-refractivity contribution is 5.94. The van der Waals surface area contributed by atoms with Crippen LogP contribution in [0.5, 0.6) is 0 Å². The molecule has 0 saturated carbocycles. The summed E-state index contributed by atoms with van der Waals surface area (Å²) in [6.45, 7) is 0. The fourth-order valence-electron chi connectivity index (χ4n) is 2.23. The summed E-state index contributed by atoms with van der Waals surface area (Å²) in [5.41, 5.74) is 2.52. The van der Waals surface area contributed by atoms with Crippen LogP contribution in [0.4, 0.5) is 5.69 Å². The molecular formula is C17H16N4O. The van der Waals surface area contributed by atoms with Gasteiger partial charge in [-0.15, -0.1) is 5.10 Å². The molecule has 3 aromatic rings. The van der Waals surface area contributed by atoms with Gasteiger partial charge in [0.25, 0.3) is 0 Å². The van der Waals surface area contributed by atoms with Crippen LogP contribution in [0, 0.1) is 0 Å². The van der Waals surface area contributed by atoms with Gasteiger partial charge in [0.1, 0.15) is 0 Å². The maximum absolute atomic E-state index is 12.5. The van der Waals surface area contributed by atoms with E-state index in [2.05, 4.69) is 10.3 Å². The molecule has 0 aliphatic carbocycles. The molecule has 3 rings (SSSR count). The number of rotatable bonds is 4. The van der Waals surface area contributed by atoms with Crippen LogP contribution >= 0.6 is 0 Å². The van der Waals surface area contributed by atoms with Gasteiger partial charge in [-0.3, -0.25) is 4.79 Å². The Bertz CT molecular complexity index is 753. The van der Waals surface area contributed by atoms with Crippen molar-refractivity contribution in [3.8, 4) is 5.69 Å². The van der Waals surface area contributed by atoms with Crippen LogP contribution in [0.2, 0.25) is 0 Å². The van der Waals surface area contributed by atoms with Crippen molar-refractivity contribution >= 4 is 11.6 Å². The average molecular weight is 292 g/mol. The van der Waals surface area contributed by atoms with Gasteiger partial charge in [0.05, 0.1) is 24.0 Å². The number of aromatic nitrogens is 3. The molecule has 5 nitrogen and oxygen atoms in total. The van der Waals surface area contributed by atoms with Crippen molar-refractivity contribution < 1.29 is 4.79 Å². The first-order chi connectivity index (χ1) is 10.8. The summed E-state index contributed by atoms with van der Waals surface area (Å²) in [5.74, 6) is -0.00863. The minimum absolute atomic E-state index is 0.00863. The topological polar surface area (TPSA) is 51.0 Å². The van der Waals surface area contributed by atoms with Gasteiger partial charge >= 0.3 is 0 Å². The van der Waals surface area contributed by atoms with Crippen molar-refractivity contribution in [2.24, 2.45) is 0 Å². The van der Waals surface area contributed by atoms with E-state index in [1.807, 2.05) is 60.7 Å².